The molecule has 0 radical (unpaired) electrons. The Hall–Kier alpha value is -1.53. The third-order valence-corrected chi connectivity index (χ3v) is 2.55. The van der Waals surface area contributed by atoms with Gasteiger partial charge in [-0.05, 0) is 19.9 Å². The van der Waals surface area contributed by atoms with Crippen molar-refractivity contribution in [3.63, 3.8) is 0 Å². The molecule has 2 rings (SSSR count). The number of nitro benzene ring substituents is 1. The summed E-state index contributed by atoms with van der Waals surface area (Å²) in [5, 5.41) is 10.5. The van der Waals surface area contributed by atoms with Crippen molar-refractivity contribution in [3.05, 3.63) is 39.7 Å². The summed E-state index contributed by atoms with van der Waals surface area (Å²) in [7, 11) is 0. The second-order valence-corrected chi connectivity index (χ2v) is 4.28. The summed E-state index contributed by atoms with van der Waals surface area (Å²) in [6.45, 7) is 3.70. The van der Waals surface area contributed by atoms with Gasteiger partial charge in [0.2, 0.25) is 0 Å². The van der Waals surface area contributed by atoms with Gasteiger partial charge in [0.05, 0.1) is 17.6 Å². The van der Waals surface area contributed by atoms with E-state index in [0.29, 0.717) is 0 Å². The molecule has 0 bridgehead atoms. The zero-order chi connectivity index (χ0) is 12.6. The Morgan fingerprint density at radius 2 is 2.24 bits per heavy atom. The van der Waals surface area contributed by atoms with Crippen LogP contribution < -0.4 is 0 Å². The minimum atomic E-state index is -0.751. The molecule has 1 fully saturated rings. The molecular formula is C11H12FNO4. The van der Waals surface area contributed by atoms with Crippen LogP contribution in [-0.4, -0.2) is 17.3 Å². The topological polar surface area (TPSA) is 61.6 Å². The van der Waals surface area contributed by atoms with Crippen LogP contribution in [0.1, 0.15) is 25.5 Å². The molecule has 1 saturated heterocycles. The number of rotatable bonds is 2. The summed E-state index contributed by atoms with van der Waals surface area (Å²) in [6, 6.07) is 3.51. The minimum Gasteiger partial charge on any atom is -0.347 e. The van der Waals surface area contributed by atoms with E-state index in [1.54, 1.807) is 13.8 Å². The first-order valence-corrected chi connectivity index (χ1v) is 5.15. The van der Waals surface area contributed by atoms with E-state index >= 15 is 0 Å². The lowest BCUT2D eigenvalue weighted by Gasteiger charge is -2.17. The van der Waals surface area contributed by atoms with E-state index in [1.165, 1.54) is 12.1 Å². The van der Waals surface area contributed by atoms with Gasteiger partial charge in [0, 0.05) is 11.6 Å². The molecule has 6 heteroatoms. The molecule has 0 spiro atoms. The highest BCUT2D eigenvalue weighted by molar-refractivity contribution is 5.35. The average molecular weight is 241 g/mol. The van der Waals surface area contributed by atoms with Gasteiger partial charge in [0.15, 0.2) is 5.79 Å². The van der Waals surface area contributed by atoms with Gasteiger partial charge in [0.1, 0.15) is 11.9 Å². The fraction of sp³-hybridized carbons (Fsp3) is 0.455. The second kappa shape index (κ2) is 4.05. The van der Waals surface area contributed by atoms with E-state index in [-0.39, 0.29) is 17.9 Å². The van der Waals surface area contributed by atoms with Gasteiger partial charge in [-0.2, -0.15) is 0 Å². The Morgan fingerprint density at radius 3 is 2.71 bits per heavy atom. The van der Waals surface area contributed by atoms with E-state index in [4.69, 9.17) is 9.47 Å². The van der Waals surface area contributed by atoms with Crippen LogP contribution in [0.15, 0.2) is 18.2 Å². The normalized spacial score (nSPS) is 22.6. The van der Waals surface area contributed by atoms with Crippen LogP contribution in [-0.2, 0) is 9.47 Å². The van der Waals surface area contributed by atoms with E-state index in [0.717, 1.165) is 6.07 Å². The SMILES string of the molecule is CC1(C)OCC(c2ccc([N+](=O)[O-])cc2F)O1. The fourth-order valence-electron chi connectivity index (χ4n) is 1.73. The molecule has 1 aliphatic heterocycles. The molecule has 0 amide bonds. The van der Waals surface area contributed by atoms with Crippen LogP contribution in [0.2, 0.25) is 0 Å². The minimum absolute atomic E-state index is 0.238. The lowest BCUT2D eigenvalue weighted by molar-refractivity contribution is -0.385. The molecular weight excluding hydrogens is 229 g/mol. The smallest absolute Gasteiger partial charge is 0.272 e. The van der Waals surface area contributed by atoms with Crippen molar-refractivity contribution < 1.29 is 18.8 Å². The zero-order valence-electron chi connectivity index (χ0n) is 9.47. The van der Waals surface area contributed by atoms with Crippen molar-refractivity contribution >= 4 is 5.69 Å². The van der Waals surface area contributed by atoms with E-state index < -0.39 is 22.6 Å². The summed E-state index contributed by atoms with van der Waals surface area (Å²) in [5.74, 6) is -1.40. The first-order valence-electron chi connectivity index (χ1n) is 5.15. The number of non-ortho nitro benzene ring substituents is 1. The quantitative estimate of drug-likeness (QED) is 0.589. The Balaban J connectivity index is 2.26. The second-order valence-electron chi connectivity index (χ2n) is 4.28. The van der Waals surface area contributed by atoms with Crippen molar-refractivity contribution in [2.24, 2.45) is 0 Å². The summed E-state index contributed by atoms with van der Waals surface area (Å²) < 4.78 is 24.5. The Morgan fingerprint density at radius 1 is 1.53 bits per heavy atom. The van der Waals surface area contributed by atoms with Crippen LogP contribution in [0.4, 0.5) is 10.1 Å². The van der Waals surface area contributed by atoms with Crippen LogP contribution in [0.25, 0.3) is 0 Å². The Labute approximate surface area is 97.3 Å². The highest BCUT2D eigenvalue weighted by Gasteiger charge is 2.35. The monoisotopic (exact) mass is 241 g/mol. The predicted molar refractivity (Wildman–Crippen MR) is 56.9 cm³/mol. The third kappa shape index (κ3) is 2.42. The molecule has 1 aromatic carbocycles. The van der Waals surface area contributed by atoms with Crippen LogP contribution in [0, 0.1) is 15.9 Å². The third-order valence-electron chi connectivity index (χ3n) is 2.55. The van der Waals surface area contributed by atoms with Crippen LogP contribution in [0.5, 0.6) is 0 Å². The van der Waals surface area contributed by atoms with Gasteiger partial charge in [-0.15, -0.1) is 0 Å². The highest BCUT2D eigenvalue weighted by Crippen LogP contribution is 2.34. The maximum atomic E-state index is 13.7. The molecule has 1 aromatic rings. The van der Waals surface area contributed by atoms with E-state index in [9.17, 15) is 14.5 Å². The number of ether oxygens (including phenoxy) is 2. The summed E-state index contributed by atoms with van der Waals surface area (Å²) >= 11 is 0. The molecule has 0 aliphatic carbocycles. The molecule has 1 atom stereocenters. The maximum absolute atomic E-state index is 13.7. The molecule has 0 N–H and O–H groups in total. The summed E-state index contributed by atoms with van der Waals surface area (Å²) in [6.07, 6.45) is -0.522. The molecule has 1 aliphatic rings. The molecule has 1 unspecified atom stereocenters. The molecule has 0 aromatic heterocycles. The first kappa shape index (κ1) is 11.9. The van der Waals surface area contributed by atoms with Gasteiger partial charge < -0.3 is 9.47 Å². The standard InChI is InChI=1S/C11H12FNO4/c1-11(2)16-6-10(17-11)8-4-3-7(13(14)15)5-9(8)12/h3-5,10H,6H2,1-2H3. The lowest BCUT2D eigenvalue weighted by Crippen LogP contribution is -2.19. The Kier molecular flexibility index (Phi) is 2.84. The first-order chi connectivity index (χ1) is 7.89. The molecule has 92 valence electrons. The summed E-state index contributed by atoms with van der Waals surface area (Å²) in [4.78, 5) is 9.84. The van der Waals surface area contributed by atoms with Crippen molar-refractivity contribution in [1.82, 2.24) is 0 Å². The van der Waals surface area contributed by atoms with Gasteiger partial charge >= 0.3 is 0 Å². The highest BCUT2D eigenvalue weighted by atomic mass is 19.1. The maximum Gasteiger partial charge on any atom is 0.272 e. The van der Waals surface area contributed by atoms with Gasteiger partial charge in [-0.3, -0.25) is 10.1 Å². The lowest BCUT2D eigenvalue weighted by atomic mass is 10.1. The van der Waals surface area contributed by atoms with Crippen molar-refractivity contribution in [1.29, 1.82) is 0 Å². The average Bonchev–Trinajstić information content (AvgIpc) is 2.58. The van der Waals surface area contributed by atoms with Crippen molar-refractivity contribution in [2.45, 2.75) is 25.7 Å². The molecule has 1 heterocycles. The number of hydrogen-bond acceptors (Lipinski definition) is 4. The number of nitro groups is 1. The number of nitrogens with zero attached hydrogens (tertiary/aromatic N) is 1. The Bertz CT molecular complexity index is 461. The molecule has 17 heavy (non-hydrogen) atoms. The van der Waals surface area contributed by atoms with Gasteiger partial charge in [-0.1, -0.05) is 0 Å². The zero-order valence-corrected chi connectivity index (χ0v) is 9.47. The summed E-state index contributed by atoms with van der Waals surface area (Å²) in [5.41, 5.74) is 0.00519. The van der Waals surface area contributed by atoms with E-state index in [2.05, 4.69) is 0 Å². The predicted octanol–water partition coefficient (Wildman–Crippen LogP) is 2.56. The molecule has 5 nitrogen and oxygen atoms in total. The van der Waals surface area contributed by atoms with E-state index in [1.807, 2.05) is 0 Å². The fourth-order valence-corrected chi connectivity index (χ4v) is 1.73. The van der Waals surface area contributed by atoms with Gasteiger partial charge in [0.25, 0.3) is 5.69 Å². The number of hydrogen-bond donors (Lipinski definition) is 0. The number of halogens is 1. The van der Waals surface area contributed by atoms with Gasteiger partial charge in [-0.25, -0.2) is 4.39 Å². The molecule has 0 saturated carbocycles. The number of benzene rings is 1. The van der Waals surface area contributed by atoms with Crippen molar-refractivity contribution in [3.8, 4) is 0 Å². The largest absolute Gasteiger partial charge is 0.347 e. The van der Waals surface area contributed by atoms with Crippen molar-refractivity contribution in [2.75, 3.05) is 6.61 Å². The van der Waals surface area contributed by atoms with Crippen LogP contribution in [0.3, 0.4) is 0 Å². The van der Waals surface area contributed by atoms with Crippen LogP contribution >= 0.6 is 0 Å².